The summed E-state index contributed by atoms with van der Waals surface area (Å²) in [5.41, 5.74) is 2.40. The molecule has 0 aliphatic heterocycles. The number of aliphatic hydroxyl groups is 1. The van der Waals surface area contributed by atoms with Crippen LogP contribution < -0.4 is 5.32 Å². The standard InChI is InChI=1S/C16H23N3O/c1-2-10-19-16(8-9-18-19)12-17-15(13-20)11-14-6-4-3-5-7-14/h3-9,15,17,20H,2,10-13H2,1H3. The van der Waals surface area contributed by atoms with Gasteiger partial charge in [-0.1, -0.05) is 37.3 Å². The number of rotatable bonds is 8. The molecule has 0 radical (unpaired) electrons. The molecule has 4 nitrogen and oxygen atoms in total. The van der Waals surface area contributed by atoms with Gasteiger partial charge in [-0.15, -0.1) is 0 Å². The van der Waals surface area contributed by atoms with Crippen molar-refractivity contribution in [1.29, 1.82) is 0 Å². The van der Waals surface area contributed by atoms with Crippen molar-refractivity contribution in [1.82, 2.24) is 15.1 Å². The highest BCUT2D eigenvalue weighted by Crippen LogP contribution is 2.05. The maximum Gasteiger partial charge on any atom is 0.0588 e. The van der Waals surface area contributed by atoms with Gasteiger partial charge in [0.15, 0.2) is 0 Å². The minimum Gasteiger partial charge on any atom is -0.395 e. The number of nitrogens with zero attached hydrogens (tertiary/aromatic N) is 2. The minimum absolute atomic E-state index is 0.0716. The topological polar surface area (TPSA) is 50.1 Å². The third-order valence-electron chi connectivity index (χ3n) is 3.36. The van der Waals surface area contributed by atoms with Gasteiger partial charge in [-0.3, -0.25) is 4.68 Å². The number of aromatic nitrogens is 2. The first-order valence-electron chi connectivity index (χ1n) is 7.22. The molecule has 2 rings (SSSR count). The highest BCUT2D eigenvalue weighted by Gasteiger charge is 2.09. The molecule has 1 unspecified atom stereocenters. The molecule has 0 fully saturated rings. The third kappa shape index (κ3) is 4.18. The molecule has 1 heterocycles. The average molecular weight is 273 g/mol. The molecule has 0 aliphatic rings. The summed E-state index contributed by atoms with van der Waals surface area (Å²) >= 11 is 0. The van der Waals surface area contributed by atoms with Gasteiger partial charge in [0.05, 0.1) is 12.3 Å². The van der Waals surface area contributed by atoms with E-state index in [0.29, 0.717) is 0 Å². The fourth-order valence-corrected chi connectivity index (χ4v) is 2.27. The Labute approximate surface area is 120 Å². The molecule has 4 heteroatoms. The largest absolute Gasteiger partial charge is 0.395 e. The van der Waals surface area contributed by atoms with Crippen molar-refractivity contribution in [3.05, 3.63) is 53.9 Å². The molecule has 0 saturated carbocycles. The van der Waals surface area contributed by atoms with Crippen LogP contribution in [0.4, 0.5) is 0 Å². The van der Waals surface area contributed by atoms with Crippen molar-refractivity contribution in [3.63, 3.8) is 0 Å². The van der Waals surface area contributed by atoms with E-state index >= 15 is 0 Å². The number of aliphatic hydroxyl groups excluding tert-OH is 1. The maximum absolute atomic E-state index is 9.50. The summed E-state index contributed by atoms with van der Waals surface area (Å²) in [4.78, 5) is 0. The fourth-order valence-electron chi connectivity index (χ4n) is 2.27. The van der Waals surface area contributed by atoms with Crippen LogP contribution in [0.2, 0.25) is 0 Å². The second-order valence-electron chi connectivity index (χ2n) is 5.00. The molecule has 20 heavy (non-hydrogen) atoms. The molecule has 108 valence electrons. The fraction of sp³-hybridized carbons (Fsp3) is 0.438. The van der Waals surface area contributed by atoms with E-state index in [2.05, 4.69) is 29.5 Å². The molecular formula is C16H23N3O. The van der Waals surface area contributed by atoms with Crippen molar-refractivity contribution in [2.75, 3.05) is 6.61 Å². The summed E-state index contributed by atoms with van der Waals surface area (Å²) in [6, 6.07) is 12.3. The molecule has 0 aliphatic carbocycles. The van der Waals surface area contributed by atoms with E-state index in [-0.39, 0.29) is 12.6 Å². The second-order valence-corrected chi connectivity index (χ2v) is 5.00. The highest BCUT2D eigenvalue weighted by atomic mass is 16.3. The Balaban J connectivity index is 1.89. The first kappa shape index (κ1) is 14.8. The average Bonchev–Trinajstić information content (AvgIpc) is 2.92. The molecule has 0 spiro atoms. The van der Waals surface area contributed by atoms with Crippen LogP contribution >= 0.6 is 0 Å². The number of hydrogen-bond donors (Lipinski definition) is 2. The van der Waals surface area contributed by atoms with Crippen LogP contribution in [-0.4, -0.2) is 27.5 Å². The minimum atomic E-state index is 0.0716. The van der Waals surface area contributed by atoms with Gasteiger partial charge in [-0.2, -0.15) is 5.10 Å². The molecule has 1 aromatic carbocycles. The molecule has 1 aromatic heterocycles. The lowest BCUT2D eigenvalue weighted by molar-refractivity contribution is 0.239. The van der Waals surface area contributed by atoms with Crippen molar-refractivity contribution in [2.45, 2.75) is 38.9 Å². The van der Waals surface area contributed by atoms with E-state index in [1.165, 1.54) is 11.3 Å². The summed E-state index contributed by atoms with van der Waals surface area (Å²) < 4.78 is 2.02. The van der Waals surface area contributed by atoms with E-state index < -0.39 is 0 Å². The zero-order valence-corrected chi connectivity index (χ0v) is 12.0. The Morgan fingerprint density at radius 2 is 2.05 bits per heavy atom. The second kappa shape index (κ2) is 7.82. The van der Waals surface area contributed by atoms with Crippen molar-refractivity contribution < 1.29 is 5.11 Å². The normalized spacial score (nSPS) is 12.5. The molecule has 0 amide bonds. The van der Waals surface area contributed by atoms with Crippen LogP contribution in [0.3, 0.4) is 0 Å². The number of nitrogens with one attached hydrogen (secondary N) is 1. The van der Waals surface area contributed by atoms with Crippen molar-refractivity contribution in [3.8, 4) is 0 Å². The number of benzene rings is 1. The van der Waals surface area contributed by atoms with Crippen LogP contribution in [0.25, 0.3) is 0 Å². The lowest BCUT2D eigenvalue weighted by Gasteiger charge is -2.17. The van der Waals surface area contributed by atoms with Gasteiger partial charge >= 0.3 is 0 Å². The van der Waals surface area contributed by atoms with Gasteiger partial charge in [0.1, 0.15) is 0 Å². The smallest absolute Gasteiger partial charge is 0.0588 e. The molecular weight excluding hydrogens is 250 g/mol. The molecule has 0 bridgehead atoms. The van der Waals surface area contributed by atoms with Gasteiger partial charge < -0.3 is 10.4 Å². The molecule has 2 N–H and O–H groups in total. The third-order valence-corrected chi connectivity index (χ3v) is 3.36. The highest BCUT2D eigenvalue weighted by molar-refractivity contribution is 5.16. The monoisotopic (exact) mass is 273 g/mol. The summed E-state index contributed by atoms with van der Waals surface area (Å²) in [6.07, 6.45) is 3.74. The zero-order valence-electron chi connectivity index (χ0n) is 12.0. The Morgan fingerprint density at radius 3 is 2.75 bits per heavy atom. The van der Waals surface area contributed by atoms with Gasteiger partial charge in [-0.25, -0.2) is 0 Å². The van der Waals surface area contributed by atoms with Gasteiger partial charge in [0.2, 0.25) is 0 Å². The van der Waals surface area contributed by atoms with E-state index in [4.69, 9.17) is 0 Å². The summed E-state index contributed by atoms with van der Waals surface area (Å²) in [5.74, 6) is 0. The first-order valence-corrected chi connectivity index (χ1v) is 7.22. The SMILES string of the molecule is CCCn1nccc1CNC(CO)Cc1ccccc1. The van der Waals surface area contributed by atoms with Gasteiger partial charge in [0, 0.05) is 25.3 Å². The van der Waals surface area contributed by atoms with Crippen LogP contribution in [0.5, 0.6) is 0 Å². The van der Waals surface area contributed by atoms with Crippen molar-refractivity contribution in [2.24, 2.45) is 0 Å². The predicted molar refractivity (Wildman–Crippen MR) is 80.4 cm³/mol. The number of aryl methyl sites for hydroxylation is 1. The first-order chi connectivity index (χ1) is 9.83. The lowest BCUT2D eigenvalue weighted by Crippen LogP contribution is -2.34. The van der Waals surface area contributed by atoms with E-state index in [1.54, 1.807) is 0 Å². The van der Waals surface area contributed by atoms with E-state index in [9.17, 15) is 5.11 Å². The Kier molecular flexibility index (Phi) is 5.77. The number of hydrogen-bond acceptors (Lipinski definition) is 3. The molecule has 1 atom stereocenters. The zero-order chi connectivity index (χ0) is 14.2. The quantitative estimate of drug-likeness (QED) is 0.773. The Hall–Kier alpha value is -1.65. The van der Waals surface area contributed by atoms with Crippen molar-refractivity contribution >= 4 is 0 Å². The predicted octanol–water partition coefficient (Wildman–Crippen LogP) is 1.99. The Morgan fingerprint density at radius 1 is 1.25 bits per heavy atom. The van der Waals surface area contributed by atoms with Crippen LogP contribution in [0.15, 0.2) is 42.6 Å². The summed E-state index contributed by atoms with van der Waals surface area (Å²) in [7, 11) is 0. The van der Waals surface area contributed by atoms with E-state index in [1.807, 2.05) is 35.1 Å². The van der Waals surface area contributed by atoms with E-state index in [0.717, 1.165) is 25.9 Å². The van der Waals surface area contributed by atoms with Crippen LogP contribution in [0, 0.1) is 0 Å². The maximum atomic E-state index is 9.50. The lowest BCUT2D eigenvalue weighted by atomic mass is 10.1. The van der Waals surface area contributed by atoms with Crippen LogP contribution in [-0.2, 0) is 19.5 Å². The summed E-state index contributed by atoms with van der Waals surface area (Å²) in [6.45, 7) is 3.95. The van der Waals surface area contributed by atoms with Crippen LogP contribution in [0.1, 0.15) is 24.6 Å². The van der Waals surface area contributed by atoms with Gasteiger partial charge in [-0.05, 0) is 24.5 Å². The summed E-state index contributed by atoms with van der Waals surface area (Å²) in [5, 5.41) is 17.2. The molecule has 0 saturated heterocycles. The van der Waals surface area contributed by atoms with Gasteiger partial charge in [0.25, 0.3) is 0 Å². The molecule has 2 aromatic rings. The Bertz CT molecular complexity index is 495.